The monoisotopic (exact) mass is 291 g/mol. The number of hydrogen-bond acceptors (Lipinski definition) is 4. The third kappa shape index (κ3) is 2.56. The Morgan fingerprint density at radius 3 is 2.43 bits per heavy atom. The highest BCUT2D eigenvalue weighted by Crippen LogP contribution is 2.41. The van der Waals surface area contributed by atoms with E-state index in [2.05, 4.69) is 11.0 Å². The molecule has 5 nitrogen and oxygen atoms in total. The van der Waals surface area contributed by atoms with Gasteiger partial charge in [-0.25, -0.2) is 0 Å². The van der Waals surface area contributed by atoms with E-state index in [9.17, 15) is 10.1 Å². The maximum Gasteiger partial charge on any atom is 0.243 e. The van der Waals surface area contributed by atoms with E-state index in [1.54, 1.807) is 7.11 Å². The van der Waals surface area contributed by atoms with E-state index in [-0.39, 0.29) is 5.91 Å². The van der Waals surface area contributed by atoms with Gasteiger partial charge >= 0.3 is 0 Å². The third-order valence-electron chi connectivity index (χ3n) is 5.55. The minimum Gasteiger partial charge on any atom is -0.383 e. The Balaban J connectivity index is 1.67. The number of methoxy groups -OCH3 is 1. The minimum atomic E-state index is -0.714. The van der Waals surface area contributed by atoms with E-state index in [4.69, 9.17) is 4.74 Å². The number of piperazine rings is 1. The van der Waals surface area contributed by atoms with E-state index >= 15 is 0 Å². The molecule has 1 aliphatic carbocycles. The number of amides is 1. The zero-order valence-corrected chi connectivity index (χ0v) is 12.9. The zero-order chi connectivity index (χ0) is 14.9. The van der Waals surface area contributed by atoms with Crippen LogP contribution in [0.1, 0.15) is 38.5 Å². The predicted octanol–water partition coefficient (Wildman–Crippen LogP) is 1.39. The van der Waals surface area contributed by atoms with Crippen LogP contribution in [-0.4, -0.2) is 61.1 Å². The molecule has 3 aliphatic rings. The van der Waals surface area contributed by atoms with Gasteiger partial charge < -0.3 is 9.64 Å². The van der Waals surface area contributed by atoms with Gasteiger partial charge in [-0.05, 0) is 25.7 Å². The summed E-state index contributed by atoms with van der Waals surface area (Å²) >= 11 is 0. The summed E-state index contributed by atoms with van der Waals surface area (Å²) < 4.78 is 5.19. The van der Waals surface area contributed by atoms with Crippen LogP contribution in [0.5, 0.6) is 0 Å². The molecule has 2 heterocycles. The van der Waals surface area contributed by atoms with Crippen LogP contribution in [0.2, 0.25) is 0 Å². The number of likely N-dealkylation sites (tertiary alicyclic amines) is 1. The molecule has 0 radical (unpaired) electrons. The molecule has 21 heavy (non-hydrogen) atoms. The van der Waals surface area contributed by atoms with Crippen LogP contribution in [0.3, 0.4) is 0 Å². The molecule has 0 aromatic heterocycles. The molecule has 3 rings (SSSR count). The quantitative estimate of drug-likeness (QED) is 0.785. The fraction of sp³-hybridized carbons (Fsp3) is 0.875. The van der Waals surface area contributed by atoms with Crippen molar-refractivity contribution in [1.29, 1.82) is 5.26 Å². The summed E-state index contributed by atoms with van der Waals surface area (Å²) in [7, 11) is 1.73. The third-order valence-corrected chi connectivity index (χ3v) is 5.55. The van der Waals surface area contributed by atoms with Crippen LogP contribution in [0.25, 0.3) is 0 Å². The Labute approximate surface area is 126 Å². The van der Waals surface area contributed by atoms with Gasteiger partial charge in [-0.15, -0.1) is 0 Å². The van der Waals surface area contributed by atoms with Crippen molar-refractivity contribution in [2.24, 2.45) is 5.41 Å². The van der Waals surface area contributed by atoms with E-state index in [1.807, 2.05) is 4.90 Å². The standard InChI is InChI=1S/C16H25N3O2/c1-21-9-8-19-13-4-5-14(19)11-18(10-13)15(20)16(12-17)6-2-3-7-16/h13-14H,2-11H2,1H3. The van der Waals surface area contributed by atoms with Gasteiger partial charge in [0.2, 0.25) is 5.91 Å². The fourth-order valence-corrected chi connectivity index (χ4v) is 4.37. The van der Waals surface area contributed by atoms with Gasteiger partial charge in [-0.2, -0.15) is 5.26 Å². The summed E-state index contributed by atoms with van der Waals surface area (Å²) in [6.07, 6.45) is 5.86. The molecule has 2 atom stereocenters. The molecule has 1 amide bonds. The second kappa shape index (κ2) is 5.94. The van der Waals surface area contributed by atoms with E-state index in [0.717, 1.165) is 64.8 Å². The molecule has 2 aliphatic heterocycles. The molecular formula is C16H25N3O2. The molecule has 0 spiro atoms. The van der Waals surface area contributed by atoms with Crippen molar-refractivity contribution in [2.75, 3.05) is 33.4 Å². The van der Waals surface area contributed by atoms with Gasteiger partial charge in [0.25, 0.3) is 0 Å². The number of hydrogen-bond donors (Lipinski definition) is 0. The Morgan fingerprint density at radius 1 is 1.29 bits per heavy atom. The second-order valence-corrected chi connectivity index (χ2v) is 6.73. The molecule has 5 heteroatoms. The van der Waals surface area contributed by atoms with Gasteiger partial charge in [-0.3, -0.25) is 9.69 Å². The Kier molecular flexibility index (Phi) is 4.19. The van der Waals surface area contributed by atoms with Crippen LogP contribution in [0, 0.1) is 16.7 Å². The average Bonchev–Trinajstić information content (AvgIpc) is 3.07. The first-order valence-corrected chi connectivity index (χ1v) is 8.15. The molecule has 3 fully saturated rings. The lowest BCUT2D eigenvalue weighted by Crippen LogP contribution is -2.58. The van der Waals surface area contributed by atoms with Crippen molar-refractivity contribution in [3.05, 3.63) is 0 Å². The summed E-state index contributed by atoms with van der Waals surface area (Å²) in [6, 6.07) is 3.26. The van der Waals surface area contributed by atoms with E-state index in [0.29, 0.717) is 12.1 Å². The smallest absolute Gasteiger partial charge is 0.243 e. The lowest BCUT2D eigenvalue weighted by Gasteiger charge is -2.42. The highest BCUT2D eigenvalue weighted by atomic mass is 16.5. The van der Waals surface area contributed by atoms with Crippen LogP contribution in [-0.2, 0) is 9.53 Å². The van der Waals surface area contributed by atoms with Crippen molar-refractivity contribution in [3.8, 4) is 6.07 Å². The Hall–Kier alpha value is -1.12. The number of nitriles is 1. The van der Waals surface area contributed by atoms with Gasteiger partial charge in [-0.1, -0.05) is 12.8 Å². The first kappa shape index (κ1) is 14.8. The van der Waals surface area contributed by atoms with Gasteiger partial charge in [0.15, 0.2) is 0 Å². The van der Waals surface area contributed by atoms with Gasteiger partial charge in [0.1, 0.15) is 5.41 Å². The predicted molar refractivity (Wildman–Crippen MR) is 78.5 cm³/mol. The van der Waals surface area contributed by atoms with Gasteiger partial charge in [0.05, 0.1) is 12.7 Å². The number of carbonyl (C=O) groups is 1. The van der Waals surface area contributed by atoms with Crippen molar-refractivity contribution in [2.45, 2.75) is 50.6 Å². The molecule has 116 valence electrons. The topological polar surface area (TPSA) is 56.6 Å². The Morgan fingerprint density at radius 2 is 1.90 bits per heavy atom. The molecule has 0 aromatic rings. The number of carbonyl (C=O) groups excluding carboxylic acids is 1. The number of rotatable bonds is 4. The van der Waals surface area contributed by atoms with Crippen molar-refractivity contribution >= 4 is 5.91 Å². The zero-order valence-electron chi connectivity index (χ0n) is 12.9. The normalized spacial score (nSPS) is 31.3. The van der Waals surface area contributed by atoms with Crippen LogP contribution < -0.4 is 0 Å². The average molecular weight is 291 g/mol. The number of fused-ring (bicyclic) bond motifs is 2. The first-order chi connectivity index (χ1) is 10.2. The molecule has 1 saturated carbocycles. The molecule has 2 bridgehead atoms. The molecule has 0 N–H and O–H groups in total. The van der Waals surface area contributed by atoms with E-state index in [1.165, 1.54) is 0 Å². The van der Waals surface area contributed by atoms with Crippen LogP contribution in [0.4, 0.5) is 0 Å². The summed E-state index contributed by atoms with van der Waals surface area (Å²) in [6.45, 7) is 3.30. The highest BCUT2D eigenvalue weighted by Gasteiger charge is 2.48. The largest absolute Gasteiger partial charge is 0.383 e. The first-order valence-electron chi connectivity index (χ1n) is 8.15. The summed E-state index contributed by atoms with van der Waals surface area (Å²) in [4.78, 5) is 17.3. The second-order valence-electron chi connectivity index (χ2n) is 6.73. The SMILES string of the molecule is COCCN1C2CCC1CN(C(=O)C1(C#N)CCCC1)C2. The number of nitrogens with zero attached hydrogens (tertiary/aromatic N) is 3. The Bertz CT molecular complexity index is 425. The van der Waals surface area contributed by atoms with Crippen molar-refractivity contribution in [1.82, 2.24) is 9.80 Å². The summed E-state index contributed by atoms with van der Waals surface area (Å²) in [5.41, 5.74) is -0.714. The van der Waals surface area contributed by atoms with Crippen LogP contribution >= 0.6 is 0 Å². The minimum absolute atomic E-state index is 0.103. The number of ether oxygens (including phenoxy) is 1. The van der Waals surface area contributed by atoms with Crippen LogP contribution in [0.15, 0.2) is 0 Å². The van der Waals surface area contributed by atoms with E-state index < -0.39 is 5.41 Å². The lowest BCUT2D eigenvalue weighted by atomic mass is 9.86. The molecule has 2 unspecified atom stereocenters. The maximum absolute atomic E-state index is 12.9. The molecule has 2 saturated heterocycles. The van der Waals surface area contributed by atoms with Crippen molar-refractivity contribution < 1.29 is 9.53 Å². The lowest BCUT2D eigenvalue weighted by molar-refractivity contribution is -0.142. The summed E-state index contributed by atoms with van der Waals surface area (Å²) in [5.74, 6) is 0.103. The highest BCUT2D eigenvalue weighted by molar-refractivity contribution is 5.86. The molecule has 0 aromatic carbocycles. The molecular weight excluding hydrogens is 266 g/mol. The fourth-order valence-electron chi connectivity index (χ4n) is 4.37. The van der Waals surface area contributed by atoms with Gasteiger partial charge in [0, 0.05) is 38.8 Å². The van der Waals surface area contributed by atoms with Crippen molar-refractivity contribution in [3.63, 3.8) is 0 Å². The maximum atomic E-state index is 12.9. The summed E-state index contributed by atoms with van der Waals surface area (Å²) in [5, 5.41) is 9.51.